The lowest BCUT2D eigenvalue weighted by atomic mass is 10.2. The van der Waals surface area contributed by atoms with Crippen molar-refractivity contribution in [2.24, 2.45) is 0 Å². The summed E-state index contributed by atoms with van der Waals surface area (Å²) in [7, 11) is 1.53. The van der Waals surface area contributed by atoms with Gasteiger partial charge in [-0.2, -0.15) is 0 Å². The summed E-state index contributed by atoms with van der Waals surface area (Å²) in [4.78, 5) is 10.2. The first-order valence-electron chi connectivity index (χ1n) is 3.91. The number of ether oxygens (including phenoxy) is 1. The quantitative estimate of drug-likeness (QED) is 0.567. The molecule has 0 aliphatic heterocycles. The van der Waals surface area contributed by atoms with E-state index in [1.807, 2.05) is 0 Å². The molecule has 1 aromatic carbocycles. The number of hydrogen-bond donors (Lipinski definition) is 2. The van der Waals surface area contributed by atoms with Gasteiger partial charge in [-0.1, -0.05) is 0 Å². The van der Waals surface area contributed by atoms with Crippen LogP contribution in [0.5, 0.6) is 5.75 Å². The predicted molar refractivity (Wildman–Crippen MR) is 51.2 cm³/mol. The van der Waals surface area contributed by atoms with Crippen molar-refractivity contribution in [1.82, 2.24) is 0 Å². The molecule has 0 aliphatic carbocycles. The summed E-state index contributed by atoms with van der Waals surface area (Å²) in [6.45, 7) is 0. The Labute approximate surface area is 81.1 Å². The van der Waals surface area contributed by atoms with E-state index < -0.39 is 5.97 Å². The lowest BCUT2D eigenvalue weighted by molar-refractivity contribution is -0.131. The highest BCUT2D eigenvalue weighted by molar-refractivity contribution is 5.87. The Morgan fingerprint density at radius 1 is 1.29 bits per heavy atom. The number of aliphatic hydroxyl groups is 1. The Balaban J connectivity index is 2.92. The summed E-state index contributed by atoms with van der Waals surface area (Å²) in [6, 6.07) is 6.43. The lowest BCUT2D eigenvalue weighted by Crippen LogP contribution is -1.92. The van der Waals surface area contributed by atoms with Crippen LogP contribution < -0.4 is 4.74 Å². The third-order valence-corrected chi connectivity index (χ3v) is 1.65. The zero-order valence-electron chi connectivity index (χ0n) is 7.60. The van der Waals surface area contributed by atoms with Gasteiger partial charge in [-0.15, -0.1) is 0 Å². The van der Waals surface area contributed by atoms with Gasteiger partial charge in [0.1, 0.15) is 11.5 Å². The van der Waals surface area contributed by atoms with E-state index in [1.54, 1.807) is 24.3 Å². The molecule has 0 unspecified atom stereocenters. The zero-order chi connectivity index (χ0) is 10.6. The van der Waals surface area contributed by atoms with Gasteiger partial charge in [-0.3, -0.25) is 0 Å². The Bertz CT molecular complexity index is 351. The summed E-state index contributed by atoms with van der Waals surface area (Å²) < 4.78 is 4.91. The fraction of sp³-hybridized carbons (Fsp3) is 0.100. The van der Waals surface area contributed by atoms with Crippen LogP contribution in [0, 0.1) is 0 Å². The number of rotatable bonds is 3. The van der Waals surface area contributed by atoms with E-state index in [0.717, 1.165) is 6.08 Å². The number of carboxylic acids is 1. The number of aliphatic hydroxyl groups excluding tert-OH is 1. The van der Waals surface area contributed by atoms with Crippen molar-refractivity contribution >= 4 is 11.7 Å². The number of methoxy groups -OCH3 is 1. The molecule has 2 N–H and O–H groups in total. The molecule has 0 bridgehead atoms. The van der Waals surface area contributed by atoms with Crippen LogP contribution in [-0.4, -0.2) is 23.3 Å². The highest BCUT2D eigenvalue weighted by Gasteiger charge is 2.01. The molecule has 0 heterocycles. The number of carbonyl (C=O) groups is 1. The maximum atomic E-state index is 10.2. The van der Waals surface area contributed by atoms with Crippen LogP contribution in [0.1, 0.15) is 5.56 Å². The average Bonchev–Trinajstić information content (AvgIpc) is 2.17. The van der Waals surface area contributed by atoms with Crippen molar-refractivity contribution in [1.29, 1.82) is 0 Å². The molecule has 74 valence electrons. The lowest BCUT2D eigenvalue weighted by Gasteiger charge is -2.01. The minimum absolute atomic E-state index is 0.278. The fourth-order valence-corrected chi connectivity index (χ4v) is 0.962. The van der Waals surface area contributed by atoms with Gasteiger partial charge in [-0.05, 0) is 24.3 Å². The molecular weight excluding hydrogens is 184 g/mol. The summed E-state index contributed by atoms with van der Waals surface area (Å²) in [5.74, 6) is -0.810. The first-order valence-corrected chi connectivity index (χ1v) is 3.91. The van der Waals surface area contributed by atoms with Crippen molar-refractivity contribution < 1.29 is 19.7 Å². The monoisotopic (exact) mass is 194 g/mol. The van der Waals surface area contributed by atoms with E-state index in [2.05, 4.69) is 0 Å². The van der Waals surface area contributed by atoms with Crippen molar-refractivity contribution in [2.45, 2.75) is 0 Å². The molecule has 1 rings (SSSR count). The van der Waals surface area contributed by atoms with Gasteiger partial charge in [-0.25, -0.2) is 4.79 Å². The van der Waals surface area contributed by atoms with Crippen LogP contribution in [0.2, 0.25) is 0 Å². The van der Waals surface area contributed by atoms with E-state index in [1.165, 1.54) is 7.11 Å². The Morgan fingerprint density at radius 3 is 2.29 bits per heavy atom. The highest BCUT2D eigenvalue weighted by atomic mass is 16.5. The van der Waals surface area contributed by atoms with Gasteiger partial charge in [0, 0.05) is 5.56 Å². The second kappa shape index (κ2) is 4.32. The summed E-state index contributed by atoms with van der Waals surface area (Å²) in [5.41, 5.74) is 0.438. The zero-order valence-corrected chi connectivity index (χ0v) is 7.60. The molecule has 0 aromatic heterocycles. The maximum Gasteiger partial charge on any atom is 0.332 e. The smallest absolute Gasteiger partial charge is 0.332 e. The van der Waals surface area contributed by atoms with Crippen LogP contribution >= 0.6 is 0 Å². The van der Waals surface area contributed by atoms with Gasteiger partial charge < -0.3 is 14.9 Å². The molecule has 0 spiro atoms. The van der Waals surface area contributed by atoms with E-state index in [-0.39, 0.29) is 5.76 Å². The van der Waals surface area contributed by atoms with Gasteiger partial charge in [0.25, 0.3) is 0 Å². The minimum atomic E-state index is -1.18. The molecule has 1 aromatic rings. The fourth-order valence-electron chi connectivity index (χ4n) is 0.962. The number of benzene rings is 1. The Kier molecular flexibility index (Phi) is 3.12. The standard InChI is InChI=1S/C10H10O4/c1-14-8-4-2-7(3-5-8)9(11)6-10(12)13/h2-6,11H,1H3,(H,12,13)/b9-6+. The topological polar surface area (TPSA) is 66.8 Å². The SMILES string of the molecule is COc1ccc(/C(O)=C\C(=O)O)cc1. The maximum absolute atomic E-state index is 10.2. The van der Waals surface area contributed by atoms with Crippen LogP contribution in [0.15, 0.2) is 30.3 Å². The largest absolute Gasteiger partial charge is 0.507 e. The summed E-state index contributed by atoms with van der Waals surface area (Å²) in [6.07, 6.45) is 0.738. The van der Waals surface area contributed by atoms with Crippen molar-refractivity contribution in [2.75, 3.05) is 7.11 Å². The molecule has 14 heavy (non-hydrogen) atoms. The van der Waals surface area contributed by atoms with E-state index >= 15 is 0 Å². The van der Waals surface area contributed by atoms with Crippen LogP contribution in [-0.2, 0) is 4.79 Å². The van der Waals surface area contributed by atoms with Crippen LogP contribution in [0.25, 0.3) is 5.76 Å². The Hall–Kier alpha value is -1.97. The molecule has 0 fully saturated rings. The number of carboxylic acid groups (broad SMARTS) is 1. The predicted octanol–water partition coefficient (Wildman–Crippen LogP) is 1.68. The second-order valence-electron chi connectivity index (χ2n) is 2.60. The minimum Gasteiger partial charge on any atom is -0.507 e. The van der Waals surface area contributed by atoms with Crippen LogP contribution in [0.4, 0.5) is 0 Å². The average molecular weight is 194 g/mol. The van der Waals surface area contributed by atoms with Crippen molar-refractivity contribution in [3.8, 4) is 5.75 Å². The molecule has 0 radical (unpaired) electrons. The van der Waals surface area contributed by atoms with Crippen molar-refractivity contribution in [3.63, 3.8) is 0 Å². The van der Waals surface area contributed by atoms with E-state index in [0.29, 0.717) is 11.3 Å². The van der Waals surface area contributed by atoms with Gasteiger partial charge >= 0.3 is 5.97 Å². The molecule has 0 saturated heterocycles. The first kappa shape index (κ1) is 10.1. The molecule has 0 saturated carbocycles. The molecule has 4 heteroatoms. The number of aliphatic carboxylic acids is 1. The third-order valence-electron chi connectivity index (χ3n) is 1.65. The van der Waals surface area contributed by atoms with E-state index in [9.17, 15) is 9.90 Å². The van der Waals surface area contributed by atoms with Gasteiger partial charge in [0.15, 0.2) is 0 Å². The Morgan fingerprint density at radius 2 is 1.86 bits per heavy atom. The van der Waals surface area contributed by atoms with Crippen molar-refractivity contribution in [3.05, 3.63) is 35.9 Å². The molecule has 0 amide bonds. The second-order valence-corrected chi connectivity index (χ2v) is 2.60. The normalized spacial score (nSPS) is 11.1. The molecule has 0 aliphatic rings. The van der Waals surface area contributed by atoms with E-state index in [4.69, 9.17) is 9.84 Å². The highest BCUT2D eigenvalue weighted by Crippen LogP contribution is 2.16. The summed E-state index contributed by atoms with van der Waals surface area (Å²) >= 11 is 0. The van der Waals surface area contributed by atoms with Gasteiger partial charge in [0.05, 0.1) is 13.2 Å². The molecule has 0 atom stereocenters. The summed E-state index contributed by atoms with van der Waals surface area (Å²) in [5, 5.41) is 17.7. The van der Waals surface area contributed by atoms with Crippen LogP contribution in [0.3, 0.4) is 0 Å². The third kappa shape index (κ3) is 2.52. The number of hydrogen-bond acceptors (Lipinski definition) is 3. The molecular formula is C10H10O4. The molecule has 4 nitrogen and oxygen atoms in total. The first-order chi connectivity index (χ1) is 6.63. The van der Waals surface area contributed by atoms with Gasteiger partial charge in [0.2, 0.25) is 0 Å².